The zero-order chi connectivity index (χ0) is 14.7. The van der Waals surface area contributed by atoms with Gasteiger partial charge in [0.1, 0.15) is 0 Å². The number of nitrogens with zero attached hydrogens (tertiary/aromatic N) is 5. The van der Waals surface area contributed by atoms with Crippen LogP contribution < -0.4 is 0 Å². The molecule has 0 spiro atoms. The van der Waals surface area contributed by atoms with Crippen LogP contribution in [0.3, 0.4) is 0 Å². The maximum absolute atomic E-state index is 12.7. The molecular formula is C14H22FN5O. The van der Waals surface area contributed by atoms with Crippen LogP contribution in [-0.2, 0) is 11.3 Å². The van der Waals surface area contributed by atoms with E-state index >= 15 is 0 Å². The summed E-state index contributed by atoms with van der Waals surface area (Å²) in [6.07, 6.45) is 5.73. The third-order valence-electron chi connectivity index (χ3n) is 4.54. The summed E-state index contributed by atoms with van der Waals surface area (Å²) >= 11 is 0. The molecule has 0 N–H and O–H groups in total. The molecular weight excluding hydrogens is 273 g/mol. The lowest BCUT2D eigenvalue weighted by Gasteiger charge is -2.36. The highest BCUT2D eigenvalue weighted by Crippen LogP contribution is 2.25. The third-order valence-corrected chi connectivity index (χ3v) is 4.54. The van der Waals surface area contributed by atoms with Gasteiger partial charge in [0.2, 0.25) is 5.91 Å². The number of alkyl halides is 1. The molecule has 1 aromatic rings. The summed E-state index contributed by atoms with van der Waals surface area (Å²) in [5, 5.41) is 8.19. The summed E-state index contributed by atoms with van der Waals surface area (Å²) < 4.78 is 12.7. The molecule has 1 amide bonds. The minimum atomic E-state index is -0.377. The summed E-state index contributed by atoms with van der Waals surface area (Å²) in [6.45, 7) is 3.92. The predicted octanol–water partition coefficient (Wildman–Crippen LogP) is 0.560. The molecule has 3 heterocycles. The fraction of sp³-hybridized carbons (Fsp3) is 0.786. The Morgan fingerprint density at radius 1 is 1.19 bits per heavy atom. The Kier molecular flexibility index (Phi) is 4.48. The Labute approximate surface area is 123 Å². The Balaban J connectivity index is 1.43. The molecule has 1 aromatic heterocycles. The molecule has 0 aromatic carbocycles. The van der Waals surface area contributed by atoms with Crippen molar-refractivity contribution in [3.63, 3.8) is 0 Å². The van der Waals surface area contributed by atoms with Crippen LogP contribution in [0.15, 0.2) is 12.4 Å². The number of hydrogen-bond acceptors (Lipinski definition) is 4. The number of hydrogen-bond donors (Lipinski definition) is 0. The van der Waals surface area contributed by atoms with Gasteiger partial charge in [0.25, 0.3) is 0 Å². The fourth-order valence-corrected chi connectivity index (χ4v) is 3.31. The molecule has 2 aliphatic rings. The van der Waals surface area contributed by atoms with Crippen LogP contribution in [0.4, 0.5) is 4.39 Å². The van der Waals surface area contributed by atoms with Crippen molar-refractivity contribution in [1.29, 1.82) is 0 Å². The van der Waals surface area contributed by atoms with E-state index in [9.17, 15) is 9.18 Å². The zero-order valence-electron chi connectivity index (χ0n) is 12.2. The lowest BCUT2D eigenvalue weighted by atomic mass is 10.0. The average molecular weight is 295 g/mol. The minimum Gasteiger partial charge on any atom is -0.339 e. The molecule has 1 unspecified atom stereocenters. The van der Waals surface area contributed by atoms with Crippen molar-refractivity contribution in [1.82, 2.24) is 24.8 Å². The van der Waals surface area contributed by atoms with Gasteiger partial charge >= 0.3 is 0 Å². The van der Waals surface area contributed by atoms with Gasteiger partial charge in [-0.2, -0.15) is 15.0 Å². The van der Waals surface area contributed by atoms with Gasteiger partial charge in [0.05, 0.1) is 25.6 Å². The number of rotatable bonds is 5. The molecule has 1 atom stereocenters. The number of carbonyl (C=O) groups excluding carboxylic acids is 1. The van der Waals surface area contributed by atoms with Crippen molar-refractivity contribution in [3.05, 3.63) is 12.4 Å². The molecule has 6 nitrogen and oxygen atoms in total. The molecule has 0 saturated carbocycles. The van der Waals surface area contributed by atoms with Gasteiger partial charge in [-0.15, -0.1) is 0 Å². The minimum absolute atomic E-state index is 0.0820. The first-order chi connectivity index (χ1) is 10.3. The van der Waals surface area contributed by atoms with Crippen molar-refractivity contribution in [2.45, 2.75) is 31.8 Å². The molecule has 0 bridgehead atoms. The summed E-state index contributed by atoms with van der Waals surface area (Å²) in [4.78, 5) is 17.9. The van der Waals surface area contributed by atoms with Gasteiger partial charge in [-0.3, -0.25) is 9.18 Å². The summed E-state index contributed by atoms with van der Waals surface area (Å²) in [5.74, 6) is 0.0539. The van der Waals surface area contributed by atoms with Crippen molar-refractivity contribution < 1.29 is 9.18 Å². The first-order valence-corrected chi connectivity index (χ1v) is 7.68. The highest BCUT2D eigenvalue weighted by atomic mass is 19.1. The first-order valence-electron chi connectivity index (χ1n) is 7.68. The smallest absolute Gasteiger partial charge is 0.223 e. The molecule has 2 aliphatic heterocycles. The van der Waals surface area contributed by atoms with Crippen molar-refractivity contribution in [3.8, 4) is 0 Å². The standard InChI is InChI=1S/C14H22FN5O/c15-10-12-9-14(21)19(11-12)13-1-5-18(6-2-13)7-8-20-16-3-4-17-20/h3-4,12-13H,1-2,5-11H2. The molecule has 7 heteroatoms. The van der Waals surface area contributed by atoms with Gasteiger partial charge in [-0.1, -0.05) is 0 Å². The maximum Gasteiger partial charge on any atom is 0.223 e. The summed E-state index contributed by atoms with van der Waals surface area (Å²) in [5.41, 5.74) is 0. The van der Waals surface area contributed by atoms with E-state index in [0.29, 0.717) is 19.0 Å². The third kappa shape index (κ3) is 3.40. The quantitative estimate of drug-likeness (QED) is 0.796. The van der Waals surface area contributed by atoms with E-state index in [4.69, 9.17) is 0 Å². The second-order valence-corrected chi connectivity index (χ2v) is 5.97. The molecule has 0 radical (unpaired) electrons. The van der Waals surface area contributed by atoms with E-state index in [1.807, 2.05) is 4.90 Å². The van der Waals surface area contributed by atoms with E-state index in [1.54, 1.807) is 17.2 Å². The van der Waals surface area contributed by atoms with Gasteiger partial charge < -0.3 is 9.80 Å². The molecule has 0 aliphatic carbocycles. The predicted molar refractivity (Wildman–Crippen MR) is 75.3 cm³/mol. The lowest BCUT2D eigenvalue weighted by Crippen LogP contribution is -2.46. The summed E-state index contributed by atoms with van der Waals surface area (Å²) in [6, 6.07) is 0.299. The zero-order valence-corrected chi connectivity index (χ0v) is 12.2. The Hall–Kier alpha value is -1.50. The van der Waals surface area contributed by atoms with Crippen molar-refractivity contribution in [2.24, 2.45) is 5.92 Å². The molecule has 116 valence electrons. The molecule has 2 saturated heterocycles. The number of amides is 1. The number of aromatic nitrogens is 3. The molecule has 3 rings (SSSR count). The van der Waals surface area contributed by atoms with Gasteiger partial charge in [-0.05, 0) is 12.8 Å². The number of halogens is 1. The second kappa shape index (κ2) is 6.51. The van der Waals surface area contributed by atoms with Crippen LogP contribution in [0.2, 0.25) is 0 Å². The van der Waals surface area contributed by atoms with E-state index in [2.05, 4.69) is 15.1 Å². The van der Waals surface area contributed by atoms with Crippen LogP contribution in [0.1, 0.15) is 19.3 Å². The maximum atomic E-state index is 12.7. The SMILES string of the molecule is O=C1CC(CF)CN1C1CCN(CCn2nccn2)CC1. The van der Waals surface area contributed by atoms with Gasteiger partial charge in [0.15, 0.2) is 0 Å². The van der Waals surface area contributed by atoms with E-state index < -0.39 is 0 Å². The van der Waals surface area contributed by atoms with Gasteiger partial charge in [0, 0.05) is 44.6 Å². The highest BCUT2D eigenvalue weighted by molar-refractivity contribution is 5.79. The molecule has 21 heavy (non-hydrogen) atoms. The average Bonchev–Trinajstić information content (AvgIpc) is 3.15. The van der Waals surface area contributed by atoms with Crippen LogP contribution in [0.5, 0.6) is 0 Å². The van der Waals surface area contributed by atoms with E-state index in [-0.39, 0.29) is 18.5 Å². The normalized spacial score (nSPS) is 24.9. The Morgan fingerprint density at radius 2 is 1.90 bits per heavy atom. The number of carbonyl (C=O) groups is 1. The largest absolute Gasteiger partial charge is 0.339 e. The van der Waals surface area contributed by atoms with E-state index in [0.717, 1.165) is 39.0 Å². The van der Waals surface area contributed by atoms with Crippen LogP contribution in [0.25, 0.3) is 0 Å². The van der Waals surface area contributed by atoms with Gasteiger partial charge in [-0.25, -0.2) is 0 Å². The van der Waals surface area contributed by atoms with Crippen LogP contribution in [0, 0.1) is 5.92 Å². The van der Waals surface area contributed by atoms with E-state index in [1.165, 1.54) is 0 Å². The lowest BCUT2D eigenvalue weighted by molar-refractivity contribution is -0.130. The Morgan fingerprint density at radius 3 is 2.52 bits per heavy atom. The fourth-order valence-electron chi connectivity index (χ4n) is 3.31. The van der Waals surface area contributed by atoms with Crippen LogP contribution >= 0.6 is 0 Å². The molecule has 2 fully saturated rings. The van der Waals surface area contributed by atoms with Crippen molar-refractivity contribution >= 4 is 5.91 Å². The first kappa shape index (κ1) is 14.4. The topological polar surface area (TPSA) is 54.3 Å². The number of piperidine rings is 1. The highest BCUT2D eigenvalue weighted by Gasteiger charge is 2.35. The van der Waals surface area contributed by atoms with Crippen molar-refractivity contribution in [2.75, 3.05) is 32.9 Å². The van der Waals surface area contributed by atoms with Crippen LogP contribution in [-0.4, -0.2) is 69.6 Å². The monoisotopic (exact) mass is 295 g/mol. The Bertz CT molecular complexity index is 458. The number of likely N-dealkylation sites (tertiary alicyclic amines) is 2. The second-order valence-electron chi connectivity index (χ2n) is 5.97. The summed E-state index contributed by atoms with van der Waals surface area (Å²) in [7, 11) is 0.